The predicted molar refractivity (Wildman–Crippen MR) is 125 cm³/mol. The topological polar surface area (TPSA) is 96.1 Å². The third-order valence-corrected chi connectivity index (χ3v) is 5.06. The van der Waals surface area contributed by atoms with E-state index in [9.17, 15) is 4.79 Å². The molecule has 2 aromatic carbocycles. The van der Waals surface area contributed by atoms with Gasteiger partial charge in [0.1, 0.15) is 5.75 Å². The fraction of sp³-hybridized carbons (Fsp3) is 0.280. The van der Waals surface area contributed by atoms with Crippen LogP contribution in [0.2, 0.25) is 0 Å². The van der Waals surface area contributed by atoms with E-state index in [1.165, 1.54) is 21.3 Å². The number of benzene rings is 2. The van der Waals surface area contributed by atoms with Crippen molar-refractivity contribution in [1.29, 1.82) is 0 Å². The fourth-order valence-corrected chi connectivity index (χ4v) is 3.45. The van der Waals surface area contributed by atoms with Crippen LogP contribution in [-0.4, -0.2) is 50.7 Å². The summed E-state index contributed by atoms with van der Waals surface area (Å²) < 4.78 is 22.7. The van der Waals surface area contributed by atoms with Crippen LogP contribution in [0.1, 0.15) is 21.6 Å². The molecule has 2 N–H and O–H groups in total. The normalized spacial score (nSPS) is 10.5. The Bertz CT molecular complexity index is 1070. The number of methoxy groups -OCH3 is 3. The lowest BCUT2D eigenvalue weighted by Crippen LogP contribution is -2.27. The number of amides is 1. The number of aromatic nitrogens is 1. The Kier molecular flexibility index (Phi) is 8.10. The smallest absolute Gasteiger partial charge is 0.258 e. The van der Waals surface area contributed by atoms with E-state index in [-0.39, 0.29) is 23.0 Å². The second-order valence-electron chi connectivity index (χ2n) is 7.29. The van der Waals surface area contributed by atoms with Crippen molar-refractivity contribution < 1.29 is 23.7 Å². The Morgan fingerprint density at radius 1 is 0.970 bits per heavy atom. The summed E-state index contributed by atoms with van der Waals surface area (Å²) in [6.07, 6.45) is 2.47. The van der Waals surface area contributed by atoms with E-state index in [1.54, 1.807) is 24.2 Å². The molecule has 1 amide bonds. The summed E-state index contributed by atoms with van der Waals surface area (Å²) in [5.41, 5.74) is 7.78. The number of rotatable bonds is 10. The van der Waals surface area contributed by atoms with E-state index in [1.807, 2.05) is 42.5 Å². The molecule has 8 nitrogen and oxygen atoms in total. The molecule has 3 rings (SSSR count). The maximum Gasteiger partial charge on any atom is 0.258 e. The first kappa shape index (κ1) is 23.9. The van der Waals surface area contributed by atoms with E-state index in [0.29, 0.717) is 30.3 Å². The molecule has 0 saturated carbocycles. The molecule has 8 heteroatoms. The van der Waals surface area contributed by atoms with Crippen LogP contribution in [0.25, 0.3) is 0 Å². The number of nitrogens with two attached hydrogens (primary N) is 1. The van der Waals surface area contributed by atoms with Gasteiger partial charge in [-0.3, -0.25) is 9.78 Å². The predicted octanol–water partition coefficient (Wildman–Crippen LogP) is 3.67. The van der Waals surface area contributed by atoms with E-state index in [2.05, 4.69) is 4.98 Å². The van der Waals surface area contributed by atoms with Gasteiger partial charge in [-0.1, -0.05) is 18.2 Å². The standard InChI is InChI=1S/C25H29N3O5/c1-28(16-18-7-5-6-14-27-18)25(29)20-15-21(23(31-3)24(32-4)22(20)30-2)33-19-10-8-17(9-11-19)12-13-26/h5-11,14-15H,12-13,16,26H2,1-4H3. The minimum Gasteiger partial charge on any atom is -0.492 e. The van der Waals surface area contributed by atoms with E-state index in [0.717, 1.165) is 17.7 Å². The Morgan fingerprint density at radius 3 is 2.24 bits per heavy atom. The Hall–Kier alpha value is -3.78. The summed E-state index contributed by atoms with van der Waals surface area (Å²) >= 11 is 0. The van der Waals surface area contributed by atoms with Crippen molar-refractivity contribution in [2.24, 2.45) is 5.73 Å². The van der Waals surface area contributed by atoms with Crippen LogP contribution in [0, 0.1) is 0 Å². The van der Waals surface area contributed by atoms with Crippen LogP contribution in [-0.2, 0) is 13.0 Å². The minimum atomic E-state index is -0.276. The quantitative estimate of drug-likeness (QED) is 0.502. The minimum absolute atomic E-state index is 0.262. The SMILES string of the molecule is COc1c(Oc2ccc(CCN)cc2)cc(C(=O)N(C)Cc2ccccn2)c(OC)c1OC. The monoisotopic (exact) mass is 451 g/mol. The average Bonchev–Trinajstić information content (AvgIpc) is 2.84. The first-order chi connectivity index (χ1) is 16.0. The maximum atomic E-state index is 13.4. The number of nitrogens with zero attached hydrogens (tertiary/aromatic N) is 2. The number of hydrogen-bond donors (Lipinski definition) is 1. The number of carbonyl (C=O) groups is 1. The van der Waals surface area contributed by atoms with Gasteiger partial charge < -0.3 is 29.6 Å². The largest absolute Gasteiger partial charge is 0.492 e. The zero-order valence-electron chi connectivity index (χ0n) is 19.3. The number of pyridine rings is 1. The van der Waals surface area contributed by atoms with Crippen LogP contribution in [0.5, 0.6) is 28.7 Å². The van der Waals surface area contributed by atoms with Gasteiger partial charge in [0, 0.05) is 19.3 Å². The molecular formula is C25H29N3O5. The van der Waals surface area contributed by atoms with Crippen molar-refractivity contribution in [3.05, 3.63) is 71.5 Å². The average molecular weight is 452 g/mol. The molecule has 0 fully saturated rings. The van der Waals surface area contributed by atoms with Gasteiger partial charge in [-0.05, 0) is 42.8 Å². The van der Waals surface area contributed by atoms with Crippen LogP contribution in [0.3, 0.4) is 0 Å². The van der Waals surface area contributed by atoms with Gasteiger partial charge in [0.05, 0.1) is 39.1 Å². The second-order valence-corrected chi connectivity index (χ2v) is 7.29. The summed E-state index contributed by atoms with van der Waals surface area (Å²) in [4.78, 5) is 19.2. The lowest BCUT2D eigenvalue weighted by atomic mass is 10.1. The van der Waals surface area contributed by atoms with Crippen molar-refractivity contribution in [3.8, 4) is 28.7 Å². The number of hydrogen-bond acceptors (Lipinski definition) is 7. The first-order valence-electron chi connectivity index (χ1n) is 10.5. The molecule has 0 unspecified atom stereocenters. The molecule has 33 heavy (non-hydrogen) atoms. The van der Waals surface area contributed by atoms with Crippen molar-refractivity contribution in [2.45, 2.75) is 13.0 Å². The van der Waals surface area contributed by atoms with Crippen LogP contribution < -0.4 is 24.7 Å². The van der Waals surface area contributed by atoms with E-state index < -0.39 is 0 Å². The van der Waals surface area contributed by atoms with E-state index >= 15 is 0 Å². The molecule has 0 bridgehead atoms. The lowest BCUT2D eigenvalue weighted by Gasteiger charge is -2.22. The van der Waals surface area contributed by atoms with E-state index in [4.69, 9.17) is 24.7 Å². The first-order valence-corrected chi connectivity index (χ1v) is 10.5. The van der Waals surface area contributed by atoms with Crippen LogP contribution in [0.15, 0.2) is 54.7 Å². The van der Waals surface area contributed by atoms with Crippen molar-refractivity contribution >= 4 is 5.91 Å². The summed E-state index contributed by atoms with van der Waals surface area (Å²) in [5, 5.41) is 0. The van der Waals surface area contributed by atoms with Gasteiger partial charge in [0.2, 0.25) is 11.5 Å². The van der Waals surface area contributed by atoms with Gasteiger partial charge >= 0.3 is 0 Å². The highest BCUT2D eigenvalue weighted by atomic mass is 16.5. The molecular weight excluding hydrogens is 422 g/mol. The van der Waals surface area contributed by atoms with Crippen LogP contribution in [0.4, 0.5) is 0 Å². The molecule has 0 aliphatic carbocycles. The Balaban J connectivity index is 1.99. The van der Waals surface area contributed by atoms with Crippen molar-refractivity contribution in [1.82, 2.24) is 9.88 Å². The molecule has 0 saturated heterocycles. The number of carbonyl (C=O) groups excluding carboxylic acids is 1. The summed E-state index contributed by atoms with van der Waals surface area (Å²) in [6.45, 7) is 0.900. The molecule has 3 aromatic rings. The Labute approximate surface area is 193 Å². The molecule has 0 radical (unpaired) electrons. The lowest BCUT2D eigenvalue weighted by molar-refractivity contribution is 0.0778. The highest BCUT2D eigenvalue weighted by Crippen LogP contribution is 2.48. The Morgan fingerprint density at radius 2 is 1.67 bits per heavy atom. The van der Waals surface area contributed by atoms with Gasteiger partial charge in [0.15, 0.2) is 11.5 Å². The molecule has 1 aromatic heterocycles. The molecule has 0 atom stereocenters. The maximum absolute atomic E-state index is 13.4. The summed E-state index contributed by atoms with van der Waals surface area (Å²) in [5.74, 6) is 1.49. The summed E-state index contributed by atoms with van der Waals surface area (Å²) in [6, 6.07) is 14.7. The molecule has 0 spiro atoms. The highest BCUT2D eigenvalue weighted by Gasteiger charge is 2.27. The van der Waals surface area contributed by atoms with Gasteiger partial charge in [-0.2, -0.15) is 0 Å². The number of ether oxygens (including phenoxy) is 4. The van der Waals surface area contributed by atoms with Crippen LogP contribution >= 0.6 is 0 Å². The third-order valence-electron chi connectivity index (χ3n) is 5.06. The molecule has 0 aliphatic rings. The van der Waals surface area contributed by atoms with Crippen molar-refractivity contribution in [3.63, 3.8) is 0 Å². The van der Waals surface area contributed by atoms with Gasteiger partial charge in [0.25, 0.3) is 5.91 Å². The fourth-order valence-electron chi connectivity index (χ4n) is 3.45. The molecule has 174 valence electrons. The zero-order chi connectivity index (χ0) is 23.8. The summed E-state index contributed by atoms with van der Waals surface area (Å²) in [7, 11) is 6.16. The highest BCUT2D eigenvalue weighted by molar-refractivity contribution is 5.99. The van der Waals surface area contributed by atoms with Crippen molar-refractivity contribution in [2.75, 3.05) is 34.9 Å². The van der Waals surface area contributed by atoms with Gasteiger partial charge in [-0.25, -0.2) is 0 Å². The molecule has 0 aliphatic heterocycles. The third kappa shape index (κ3) is 5.53. The zero-order valence-corrected chi connectivity index (χ0v) is 19.3. The molecule has 1 heterocycles. The van der Waals surface area contributed by atoms with Gasteiger partial charge in [-0.15, -0.1) is 0 Å². The second kappa shape index (κ2) is 11.2.